The van der Waals surface area contributed by atoms with E-state index in [-0.39, 0.29) is 5.91 Å². The number of aryl methyl sites for hydroxylation is 2. The lowest BCUT2D eigenvalue weighted by Crippen LogP contribution is -2.26. The van der Waals surface area contributed by atoms with Gasteiger partial charge in [0, 0.05) is 31.4 Å². The first-order valence-electron chi connectivity index (χ1n) is 10.6. The molecule has 0 bridgehead atoms. The quantitative estimate of drug-likeness (QED) is 0.609. The lowest BCUT2D eigenvalue weighted by molar-refractivity contribution is 0.0941. The summed E-state index contributed by atoms with van der Waals surface area (Å²) in [6.45, 7) is 4.20. The van der Waals surface area contributed by atoms with Crippen LogP contribution >= 0.6 is 0 Å². The number of nitrogens with zero attached hydrogens (tertiary/aromatic N) is 5. The Labute approximate surface area is 187 Å². The van der Waals surface area contributed by atoms with E-state index < -0.39 is 0 Å². The van der Waals surface area contributed by atoms with E-state index in [0.717, 1.165) is 48.8 Å². The van der Waals surface area contributed by atoms with E-state index in [0.29, 0.717) is 29.4 Å². The second kappa shape index (κ2) is 9.25. The molecule has 0 aliphatic carbocycles. The van der Waals surface area contributed by atoms with Gasteiger partial charge >= 0.3 is 0 Å². The number of anilines is 1. The third kappa shape index (κ3) is 4.51. The summed E-state index contributed by atoms with van der Waals surface area (Å²) in [5.74, 6) is 1.85. The van der Waals surface area contributed by atoms with Crippen LogP contribution < -0.4 is 19.7 Å². The average Bonchev–Trinajstić information content (AvgIpc) is 3.47. The summed E-state index contributed by atoms with van der Waals surface area (Å²) < 4.78 is 12.3. The lowest BCUT2D eigenvalue weighted by atomic mass is 10.1. The van der Waals surface area contributed by atoms with E-state index in [9.17, 15) is 4.79 Å². The van der Waals surface area contributed by atoms with Crippen molar-refractivity contribution in [1.29, 1.82) is 0 Å². The number of methoxy groups -OCH3 is 2. The predicted molar refractivity (Wildman–Crippen MR) is 121 cm³/mol. The van der Waals surface area contributed by atoms with Gasteiger partial charge < -0.3 is 19.7 Å². The Morgan fingerprint density at radius 1 is 1.09 bits per heavy atom. The first-order valence-corrected chi connectivity index (χ1v) is 10.6. The van der Waals surface area contributed by atoms with E-state index in [1.54, 1.807) is 32.0 Å². The van der Waals surface area contributed by atoms with Crippen molar-refractivity contribution in [2.24, 2.45) is 7.05 Å². The Kier molecular flexibility index (Phi) is 6.25. The van der Waals surface area contributed by atoms with Gasteiger partial charge in [-0.1, -0.05) is 0 Å². The van der Waals surface area contributed by atoms with Gasteiger partial charge in [-0.05, 0) is 50.1 Å². The Morgan fingerprint density at radius 2 is 1.88 bits per heavy atom. The van der Waals surface area contributed by atoms with E-state index >= 15 is 0 Å². The zero-order chi connectivity index (χ0) is 22.7. The molecule has 0 atom stereocenters. The maximum Gasteiger partial charge on any atom is 0.269 e. The molecule has 4 rings (SSSR count). The van der Waals surface area contributed by atoms with Crippen LogP contribution in [0.4, 0.5) is 5.95 Å². The van der Waals surface area contributed by atoms with Gasteiger partial charge in [-0.15, -0.1) is 0 Å². The molecule has 168 valence electrons. The number of ether oxygens (including phenoxy) is 2. The number of rotatable bonds is 7. The van der Waals surface area contributed by atoms with Gasteiger partial charge in [0.05, 0.1) is 32.2 Å². The maximum atomic E-state index is 12.9. The topological polar surface area (TPSA) is 94.4 Å². The number of hydrogen-bond donors (Lipinski definition) is 1. The zero-order valence-corrected chi connectivity index (χ0v) is 18.9. The molecule has 0 unspecified atom stereocenters. The van der Waals surface area contributed by atoms with E-state index in [4.69, 9.17) is 9.47 Å². The molecule has 9 nitrogen and oxygen atoms in total. The van der Waals surface area contributed by atoms with Crippen molar-refractivity contribution < 1.29 is 14.3 Å². The van der Waals surface area contributed by atoms with Crippen molar-refractivity contribution >= 4 is 11.9 Å². The third-order valence-corrected chi connectivity index (χ3v) is 5.51. The van der Waals surface area contributed by atoms with Crippen LogP contribution in [0, 0.1) is 6.92 Å². The highest BCUT2D eigenvalue weighted by Crippen LogP contribution is 2.33. The van der Waals surface area contributed by atoms with E-state index in [2.05, 4.69) is 25.3 Å². The van der Waals surface area contributed by atoms with Gasteiger partial charge in [0.15, 0.2) is 0 Å². The first-order chi connectivity index (χ1) is 15.5. The molecule has 3 aromatic rings. The van der Waals surface area contributed by atoms with Crippen molar-refractivity contribution in [3.63, 3.8) is 0 Å². The molecule has 9 heteroatoms. The van der Waals surface area contributed by atoms with Gasteiger partial charge in [0.25, 0.3) is 5.91 Å². The number of aromatic nitrogens is 4. The van der Waals surface area contributed by atoms with Crippen molar-refractivity contribution in [2.45, 2.75) is 26.3 Å². The Bertz CT molecular complexity index is 1120. The van der Waals surface area contributed by atoms with Crippen LogP contribution in [0.1, 0.15) is 34.7 Å². The molecule has 0 saturated carbocycles. The fraction of sp³-hybridized carbons (Fsp3) is 0.391. The van der Waals surface area contributed by atoms with Gasteiger partial charge in [-0.25, -0.2) is 9.97 Å². The van der Waals surface area contributed by atoms with Crippen molar-refractivity contribution in [2.75, 3.05) is 32.2 Å². The Balaban J connectivity index is 1.51. The molecule has 1 aliphatic heterocycles. The minimum atomic E-state index is -0.230. The molecule has 3 heterocycles. The summed E-state index contributed by atoms with van der Waals surface area (Å²) in [6, 6.07) is 9.12. The summed E-state index contributed by atoms with van der Waals surface area (Å²) in [5.41, 5.74) is 3.49. The minimum absolute atomic E-state index is 0.230. The predicted octanol–water partition coefficient (Wildman–Crippen LogP) is 2.73. The van der Waals surface area contributed by atoms with Gasteiger partial charge in [0.2, 0.25) is 5.95 Å². The van der Waals surface area contributed by atoms with Crippen LogP contribution in [0.3, 0.4) is 0 Å². The number of nitrogens with one attached hydrogen (secondary N) is 1. The van der Waals surface area contributed by atoms with E-state index in [1.807, 2.05) is 31.2 Å². The molecule has 1 amide bonds. The molecular weight excluding hydrogens is 408 g/mol. The Hall–Kier alpha value is -3.62. The highest BCUT2D eigenvalue weighted by Gasteiger charge is 2.19. The van der Waals surface area contributed by atoms with Crippen LogP contribution in [0.15, 0.2) is 30.3 Å². The van der Waals surface area contributed by atoms with Crippen molar-refractivity contribution in [3.8, 4) is 22.8 Å². The highest BCUT2D eigenvalue weighted by molar-refractivity contribution is 5.93. The molecule has 1 saturated heterocycles. The molecule has 0 radical (unpaired) electrons. The largest absolute Gasteiger partial charge is 0.497 e. The smallest absolute Gasteiger partial charge is 0.269 e. The second-order valence-electron chi connectivity index (χ2n) is 7.78. The van der Waals surface area contributed by atoms with Crippen LogP contribution in [0.5, 0.6) is 11.5 Å². The third-order valence-electron chi connectivity index (χ3n) is 5.51. The molecule has 32 heavy (non-hydrogen) atoms. The average molecular weight is 437 g/mol. The number of carbonyl (C=O) groups is 1. The molecule has 1 aliphatic rings. The summed E-state index contributed by atoms with van der Waals surface area (Å²) in [5, 5.41) is 7.46. The fourth-order valence-electron chi connectivity index (χ4n) is 3.85. The van der Waals surface area contributed by atoms with Crippen LogP contribution in [0.25, 0.3) is 11.3 Å². The summed E-state index contributed by atoms with van der Waals surface area (Å²) in [6.07, 6.45) is 2.31. The van der Waals surface area contributed by atoms with Crippen LogP contribution in [0.2, 0.25) is 0 Å². The normalized spacial score (nSPS) is 13.3. The second-order valence-corrected chi connectivity index (χ2v) is 7.78. The lowest BCUT2D eigenvalue weighted by Gasteiger charge is -2.16. The van der Waals surface area contributed by atoms with E-state index in [1.165, 1.54) is 0 Å². The monoisotopic (exact) mass is 436 g/mol. The number of hydrogen-bond acceptors (Lipinski definition) is 7. The molecule has 1 fully saturated rings. The van der Waals surface area contributed by atoms with Gasteiger partial charge in [-0.3, -0.25) is 9.48 Å². The Morgan fingerprint density at radius 3 is 2.59 bits per heavy atom. The van der Waals surface area contributed by atoms with Crippen molar-refractivity contribution in [3.05, 3.63) is 47.4 Å². The molecule has 1 aromatic carbocycles. The summed E-state index contributed by atoms with van der Waals surface area (Å²) in [4.78, 5) is 24.3. The summed E-state index contributed by atoms with van der Waals surface area (Å²) >= 11 is 0. The minimum Gasteiger partial charge on any atom is -0.497 e. The summed E-state index contributed by atoms with van der Waals surface area (Å²) in [7, 11) is 4.94. The highest BCUT2D eigenvalue weighted by atomic mass is 16.5. The van der Waals surface area contributed by atoms with Crippen molar-refractivity contribution in [1.82, 2.24) is 25.1 Å². The molecule has 1 N–H and O–H groups in total. The molecule has 2 aromatic heterocycles. The number of amides is 1. The fourth-order valence-corrected chi connectivity index (χ4v) is 3.85. The molecule has 0 spiro atoms. The standard InChI is InChI=1S/C23H28N6O3/c1-15-11-16(26-23(25-15)29-9-5-6-10-29)14-24-22(30)20-13-19(27-28(20)2)18-12-17(31-3)7-8-21(18)32-4/h7-8,11-13H,5-6,9-10,14H2,1-4H3,(H,24,30). The van der Waals surface area contributed by atoms with Gasteiger partial charge in [0.1, 0.15) is 17.2 Å². The van der Waals surface area contributed by atoms with Crippen LogP contribution in [-0.4, -0.2) is 53.0 Å². The number of carbonyl (C=O) groups excluding carboxylic acids is 1. The maximum absolute atomic E-state index is 12.9. The van der Waals surface area contributed by atoms with Crippen LogP contribution in [-0.2, 0) is 13.6 Å². The molecular formula is C23H28N6O3. The first kappa shape index (κ1) is 21.6. The zero-order valence-electron chi connectivity index (χ0n) is 18.9. The SMILES string of the molecule is COc1ccc(OC)c(-c2cc(C(=O)NCc3cc(C)nc(N4CCCC4)n3)n(C)n2)c1. The van der Waals surface area contributed by atoms with Gasteiger partial charge in [-0.2, -0.15) is 5.10 Å². The number of benzene rings is 1.